The number of amides is 1. The lowest BCUT2D eigenvalue weighted by Gasteiger charge is -2.23. The van der Waals surface area contributed by atoms with Crippen molar-refractivity contribution in [3.63, 3.8) is 0 Å². The minimum Gasteiger partial charge on any atom is -0.507 e. The first-order valence-electron chi connectivity index (χ1n) is 7.12. The molecule has 114 valence electrons. The molecule has 1 amide bonds. The van der Waals surface area contributed by atoms with Crippen molar-refractivity contribution >= 4 is 45.4 Å². The number of nitrogens with one attached hydrogen (secondary N) is 1. The van der Waals surface area contributed by atoms with Crippen LogP contribution in [-0.2, 0) is 0 Å². The molecular weight excluding hydrogens is 363 g/mol. The van der Waals surface area contributed by atoms with Gasteiger partial charge in [-0.1, -0.05) is 57.6 Å². The maximum Gasteiger partial charge on any atom is 0.253 e. The van der Waals surface area contributed by atoms with Crippen LogP contribution in [0.3, 0.4) is 0 Å². The highest BCUT2D eigenvalue weighted by Gasteiger charge is 2.23. The van der Waals surface area contributed by atoms with Gasteiger partial charge in [-0.15, -0.1) is 6.58 Å². The summed E-state index contributed by atoms with van der Waals surface area (Å²) < 4.78 is 0.611. The van der Waals surface area contributed by atoms with Gasteiger partial charge in [0.05, 0.1) is 29.1 Å². The number of hydrogen-bond acceptors (Lipinski definition) is 2. The summed E-state index contributed by atoms with van der Waals surface area (Å²) in [5.74, 6) is -1.17. The van der Waals surface area contributed by atoms with Crippen molar-refractivity contribution in [3.05, 3.63) is 76.3 Å². The number of allylic oxidation sites excluding steroid dienone is 1. The van der Waals surface area contributed by atoms with Gasteiger partial charge in [0.1, 0.15) is 5.75 Å². The topological polar surface area (TPSA) is 49.3 Å². The van der Waals surface area contributed by atoms with Gasteiger partial charge in [-0.25, -0.2) is 0 Å². The molecule has 2 rings (SSSR count). The van der Waals surface area contributed by atoms with E-state index >= 15 is 0 Å². The molecule has 0 bridgehead atoms. The van der Waals surface area contributed by atoms with Gasteiger partial charge in [0.15, 0.2) is 0 Å². The van der Waals surface area contributed by atoms with Gasteiger partial charge in [0.2, 0.25) is 0 Å². The first-order chi connectivity index (χ1) is 11.2. The van der Waals surface area contributed by atoms with Gasteiger partial charge < -0.3 is 10.4 Å². The summed E-state index contributed by atoms with van der Waals surface area (Å²) in [5, 5.41) is 10.9. The quantitative estimate of drug-likeness (QED) is 0.622. The normalized spacial score (nSPS) is 12.4. The van der Waals surface area contributed by atoms with Crippen LogP contribution < -0.4 is 5.32 Å². The summed E-state index contributed by atoms with van der Waals surface area (Å²) in [6.07, 6.45) is 1.69. The SMILES string of the molecule is [B]C([B])([B])NC(=O)c1cc(Br)cc(C(C=C)c2ccccc2)c1O. The zero-order chi connectivity index (χ0) is 17.9. The van der Waals surface area contributed by atoms with Crippen molar-refractivity contribution in [2.75, 3.05) is 0 Å². The number of phenols is 1. The van der Waals surface area contributed by atoms with E-state index < -0.39 is 11.1 Å². The fraction of sp³-hybridized carbons (Fsp3) is 0.118. The lowest BCUT2D eigenvalue weighted by molar-refractivity contribution is 0.0949. The molecule has 0 saturated carbocycles. The molecule has 2 N–H and O–H groups in total. The second kappa shape index (κ2) is 7.35. The van der Waals surface area contributed by atoms with E-state index in [4.69, 9.17) is 23.5 Å². The van der Waals surface area contributed by atoms with E-state index in [0.29, 0.717) is 10.0 Å². The van der Waals surface area contributed by atoms with Gasteiger partial charge in [0, 0.05) is 16.0 Å². The first kappa shape index (κ1) is 18.5. The lowest BCUT2D eigenvalue weighted by atomic mass is 9.49. The molecule has 2 aromatic carbocycles. The molecule has 0 saturated heterocycles. The molecular formula is C17H13B3BrNO2. The molecule has 0 aliphatic heterocycles. The van der Waals surface area contributed by atoms with Gasteiger partial charge in [-0.05, 0) is 17.7 Å². The number of phenolic OH excluding ortho intramolecular Hbond substituents is 1. The second-order valence-corrected chi connectivity index (χ2v) is 6.32. The van der Waals surface area contributed by atoms with Crippen LogP contribution in [0.5, 0.6) is 5.75 Å². The van der Waals surface area contributed by atoms with Crippen molar-refractivity contribution in [2.24, 2.45) is 0 Å². The van der Waals surface area contributed by atoms with E-state index in [1.54, 1.807) is 12.1 Å². The Morgan fingerprint density at radius 2 is 1.88 bits per heavy atom. The highest BCUT2D eigenvalue weighted by Crippen LogP contribution is 2.37. The highest BCUT2D eigenvalue weighted by atomic mass is 79.9. The van der Waals surface area contributed by atoms with E-state index in [1.807, 2.05) is 30.3 Å². The monoisotopic (exact) mass is 375 g/mol. The van der Waals surface area contributed by atoms with Crippen molar-refractivity contribution in [2.45, 2.75) is 11.2 Å². The number of carbonyl (C=O) groups excluding carboxylic acids is 1. The van der Waals surface area contributed by atoms with Crippen molar-refractivity contribution in [1.29, 1.82) is 0 Å². The Labute approximate surface area is 153 Å². The summed E-state index contributed by atoms with van der Waals surface area (Å²) in [5.41, 5.74) is 1.46. The molecule has 2 aromatic rings. The lowest BCUT2D eigenvalue weighted by Crippen LogP contribution is -2.50. The Balaban J connectivity index is 2.52. The average molecular weight is 376 g/mol. The van der Waals surface area contributed by atoms with Crippen LogP contribution in [0.1, 0.15) is 27.4 Å². The molecule has 7 heteroatoms. The maximum absolute atomic E-state index is 12.3. The zero-order valence-corrected chi connectivity index (χ0v) is 14.5. The predicted molar refractivity (Wildman–Crippen MR) is 102 cm³/mol. The summed E-state index contributed by atoms with van der Waals surface area (Å²) in [6, 6.07) is 12.7. The van der Waals surface area contributed by atoms with Crippen LogP contribution in [0.25, 0.3) is 0 Å². The summed E-state index contributed by atoms with van der Waals surface area (Å²) in [6.45, 7) is 3.83. The third-order valence-electron chi connectivity index (χ3n) is 3.41. The standard InChI is InChI=1S/C17H13B3BrNO2/c1-2-12(10-6-4-3-5-7-10)13-8-11(21)9-14(15(13)23)16(24)22-17(18,19)20/h2-9,12,23H,1H2,(H,22,24). The first-order valence-corrected chi connectivity index (χ1v) is 7.91. The molecule has 0 heterocycles. The van der Waals surface area contributed by atoms with Crippen LogP contribution in [0, 0.1) is 0 Å². The van der Waals surface area contributed by atoms with Crippen molar-refractivity contribution < 1.29 is 9.90 Å². The van der Waals surface area contributed by atoms with Crippen LogP contribution in [0.4, 0.5) is 0 Å². The van der Waals surface area contributed by atoms with E-state index in [-0.39, 0.29) is 17.2 Å². The molecule has 0 aromatic heterocycles. The number of rotatable bonds is 5. The molecule has 0 aliphatic carbocycles. The number of benzene rings is 2. The molecule has 3 nitrogen and oxygen atoms in total. The van der Waals surface area contributed by atoms with Gasteiger partial charge in [0.25, 0.3) is 5.91 Å². The Kier molecular flexibility index (Phi) is 5.65. The van der Waals surface area contributed by atoms with Crippen LogP contribution in [0.15, 0.2) is 59.6 Å². The molecule has 24 heavy (non-hydrogen) atoms. The Morgan fingerprint density at radius 1 is 1.25 bits per heavy atom. The van der Waals surface area contributed by atoms with Crippen LogP contribution in [-0.4, -0.2) is 39.8 Å². The molecule has 1 unspecified atom stereocenters. The third kappa shape index (κ3) is 4.35. The van der Waals surface area contributed by atoms with Gasteiger partial charge >= 0.3 is 0 Å². The number of halogens is 1. The van der Waals surface area contributed by atoms with E-state index in [1.165, 1.54) is 6.07 Å². The van der Waals surface area contributed by atoms with E-state index in [2.05, 4.69) is 27.8 Å². The zero-order valence-electron chi connectivity index (χ0n) is 12.9. The smallest absolute Gasteiger partial charge is 0.253 e. The minimum atomic E-state index is -1.89. The molecule has 6 radical (unpaired) electrons. The third-order valence-corrected chi connectivity index (χ3v) is 3.87. The molecule has 1 atom stereocenters. The van der Waals surface area contributed by atoms with Crippen LogP contribution >= 0.6 is 15.9 Å². The largest absolute Gasteiger partial charge is 0.507 e. The molecule has 0 spiro atoms. The highest BCUT2D eigenvalue weighted by molar-refractivity contribution is 9.10. The minimum absolute atomic E-state index is 0.00730. The number of aromatic hydroxyl groups is 1. The molecule has 0 aliphatic rings. The van der Waals surface area contributed by atoms with Gasteiger partial charge in [-0.3, -0.25) is 4.79 Å². The van der Waals surface area contributed by atoms with E-state index in [9.17, 15) is 9.90 Å². The summed E-state index contributed by atoms with van der Waals surface area (Å²) in [4.78, 5) is 12.3. The van der Waals surface area contributed by atoms with Gasteiger partial charge in [-0.2, -0.15) is 0 Å². The fourth-order valence-corrected chi connectivity index (χ4v) is 2.87. The van der Waals surface area contributed by atoms with Crippen LogP contribution in [0.2, 0.25) is 0 Å². The van der Waals surface area contributed by atoms with Crippen molar-refractivity contribution in [1.82, 2.24) is 5.32 Å². The Bertz CT molecular complexity index is 760. The summed E-state index contributed by atoms with van der Waals surface area (Å²) >= 11 is 3.35. The Hall–Kier alpha value is -1.88. The summed E-state index contributed by atoms with van der Waals surface area (Å²) in [7, 11) is 16.2. The number of hydrogen-bond donors (Lipinski definition) is 2. The maximum atomic E-state index is 12.3. The van der Waals surface area contributed by atoms with E-state index in [0.717, 1.165) is 5.56 Å². The Morgan fingerprint density at radius 3 is 2.42 bits per heavy atom. The number of carbonyl (C=O) groups is 1. The molecule has 0 fully saturated rings. The predicted octanol–water partition coefficient (Wildman–Crippen LogP) is 2.32. The average Bonchev–Trinajstić information content (AvgIpc) is 2.50. The van der Waals surface area contributed by atoms with Crippen molar-refractivity contribution in [3.8, 4) is 5.75 Å². The second-order valence-electron chi connectivity index (χ2n) is 5.40. The fourth-order valence-electron chi connectivity index (χ4n) is 2.40.